The van der Waals surface area contributed by atoms with Crippen molar-refractivity contribution in [3.63, 3.8) is 0 Å². The van der Waals surface area contributed by atoms with E-state index >= 15 is 0 Å². The molecule has 0 fully saturated rings. The number of nitrogens with one attached hydrogen (secondary N) is 1. The highest BCUT2D eigenvalue weighted by molar-refractivity contribution is 9.10. The molecule has 1 heterocycles. The molecule has 0 saturated carbocycles. The predicted octanol–water partition coefficient (Wildman–Crippen LogP) is 3.60. The Bertz CT molecular complexity index is 972. The molecule has 0 amide bonds. The summed E-state index contributed by atoms with van der Waals surface area (Å²) in [6.07, 6.45) is 1.60. The molecule has 3 rings (SSSR count). The molecule has 0 saturated heterocycles. The fourth-order valence-corrected chi connectivity index (χ4v) is 3.16. The third-order valence-corrected chi connectivity index (χ3v) is 4.53. The zero-order valence-electron chi connectivity index (χ0n) is 13.4. The quantitative estimate of drug-likeness (QED) is 0.657. The third-order valence-electron chi connectivity index (χ3n) is 4.04. The predicted molar refractivity (Wildman–Crippen MR) is 96.8 cm³/mol. The Morgan fingerprint density at radius 2 is 2.04 bits per heavy atom. The Morgan fingerprint density at radius 3 is 2.68 bits per heavy atom. The summed E-state index contributed by atoms with van der Waals surface area (Å²) >= 11 is 3.40. The number of fused-ring (bicyclic) bond motifs is 1. The maximum Gasteiger partial charge on any atom is 0.347 e. The van der Waals surface area contributed by atoms with Gasteiger partial charge in [-0.05, 0) is 36.8 Å². The number of hydrogen-bond donors (Lipinski definition) is 2. The molecule has 3 aromatic rings. The first kappa shape index (κ1) is 17.2. The second-order valence-corrected chi connectivity index (χ2v) is 6.43. The molecule has 6 heteroatoms. The number of aliphatic hydroxyl groups is 1. The summed E-state index contributed by atoms with van der Waals surface area (Å²) in [6.45, 7) is 1.83. The number of esters is 1. The molecule has 0 aliphatic heterocycles. The molecule has 0 bridgehead atoms. The number of nitriles is 1. The number of rotatable bonds is 4. The van der Waals surface area contributed by atoms with E-state index in [1.807, 2.05) is 24.3 Å². The molecule has 25 heavy (non-hydrogen) atoms. The number of carbonyl (C=O) groups excluding carboxylic acids is 1. The molecule has 0 spiro atoms. The van der Waals surface area contributed by atoms with Gasteiger partial charge in [-0.3, -0.25) is 0 Å². The van der Waals surface area contributed by atoms with Gasteiger partial charge in [-0.1, -0.05) is 34.1 Å². The summed E-state index contributed by atoms with van der Waals surface area (Å²) in [4.78, 5) is 15.7. The van der Waals surface area contributed by atoms with E-state index in [0.29, 0.717) is 22.1 Å². The lowest BCUT2D eigenvalue weighted by atomic mass is 9.85. The Hall–Kier alpha value is -2.62. The molecule has 2 aromatic carbocycles. The number of aromatic amines is 1. The zero-order valence-corrected chi connectivity index (χ0v) is 15.0. The lowest BCUT2D eigenvalue weighted by molar-refractivity contribution is -0.161. The van der Waals surface area contributed by atoms with E-state index in [-0.39, 0.29) is 6.61 Å². The van der Waals surface area contributed by atoms with Crippen LogP contribution in [0.3, 0.4) is 0 Å². The molecular formula is C19H15BrN2O3. The van der Waals surface area contributed by atoms with Gasteiger partial charge < -0.3 is 14.8 Å². The SMILES string of the molecule is CCOC(=O)[C@](O)(c1ccc(C#N)cc1)c1c[nH]c2cc(Br)ccc12. The molecule has 0 radical (unpaired) electrons. The van der Waals surface area contributed by atoms with Gasteiger partial charge >= 0.3 is 5.97 Å². The van der Waals surface area contributed by atoms with Gasteiger partial charge in [-0.15, -0.1) is 0 Å². The van der Waals surface area contributed by atoms with Crippen LogP contribution in [0.1, 0.15) is 23.6 Å². The molecule has 0 aliphatic rings. The largest absolute Gasteiger partial charge is 0.463 e. The number of benzene rings is 2. The first-order chi connectivity index (χ1) is 12.0. The second kappa shape index (κ2) is 6.71. The number of aromatic nitrogens is 1. The van der Waals surface area contributed by atoms with Crippen molar-refractivity contribution in [1.82, 2.24) is 4.98 Å². The average molecular weight is 399 g/mol. The van der Waals surface area contributed by atoms with Crippen molar-refractivity contribution in [2.24, 2.45) is 0 Å². The number of halogens is 1. The Morgan fingerprint density at radius 1 is 1.32 bits per heavy atom. The molecule has 126 valence electrons. The van der Waals surface area contributed by atoms with Crippen LogP contribution in [0.4, 0.5) is 0 Å². The number of hydrogen-bond acceptors (Lipinski definition) is 4. The maximum absolute atomic E-state index is 12.7. The lowest BCUT2D eigenvalue weighted by Gasteiger charge is -2.26. The summed E-state index contributed by atoms with van der Waals surface area (Å²) < 4.78 is 6.02. The monoisotopic (exact) mass is 398 g/mol. The maximum atomic E-state index is 12.7. The van der Waals surface area contributed by atoms with Crippen LogP contribution >= 0.6 is 15.9 Å². The minimum atomic E-state index is -1.98. The minimum absolute atomic E-state index is 0.144. The van der Waals surface area contributed by atoms with E-state index in [2.05, 4.69) is 20.9 Å². The zero-order chi connectivity index (χ0) is 18.0. The van der Waals surface area contributed by atoms with Gasteiger partial charge in [0.25, 0.3) is 0 Å². The fourth-order valence-electron chi connectivity index (χ4n) is 2.80. The van der Waals surface area contributed by atoms with Crippen molar-refractivity contribution in [2.45, 2.75) is 12.5 Å². The molecule has 1 aromatic heterocycles. The first-order valence-corrected chi connectivity index (χ1v) is 8.47. The van der Waals surface area contributed by atoms with E-state index < -0.39 is 11.6 Å². The van der Waals surface area contributed by atoms with Crippen LogP contribution in [0, 0.1) is 11.3 Å². The average Bonchev–Trinajstić information content (AvgIpc) is 3.04. The van der Waals surface area contributed by atoms with Gasteiger partial charge in [-0.2, -0.15) is 5.26 Å². The topological polar surface area (TPSA) is 86.1 Å². The van der Waals surface area contributed by atoms with Gasteiger partial charge in [0.15, 0.2) is 0 Å². The summed E-state index contributed by atoms with van der Waals surface area (Å²) in [5.74, 6) is -0.761. The van der Waals surface area contributed by atoms with Gasteiger partial charge in [0.1, 0.15) is 0 Å². The Labute approximate surface area is 153 Å². The Balaban J connectivity index is 2.22. The van der Waals surface area contributed by atoms with Crippen molar-refractivity contribution in [3.8, 4) is 6.07 Å². The highest BCUT2D eigenvalue weighted by Crippen LogP contribution is 2.36. The molecule has 1 atom stereocenters. The van der Waals surface area contributed by atoms with Crippen molar-refractivity contribution in [3.05, 3.63) is 69.8 Å². The highest BCUT2D eigenvalue weighted by Gasteiger charge is 2.43. The minimum Gasteiger partial charge on any atom is -0.463 e. The number of carbonyl (C=O) groups is 1. The van der Waals surface area contributed by atoms with E-state index in [0.717, 1.165) is 9.99 Å². The molecule has 5 nitrogen and oxygen atoms in total. The first-order valence-electron chi connectivity index (χ1n) is 7.68. The lowest BCUT2D eigenvalue weighted by Crippen LogP contribution is -2.38. The summed E-state index contributed by atoms with van der Waals surface area (Å²) in [7, 11) is 0. The fraction of sp³-hybridized carbons (Fsp3) is 0.158. The van der Waals surface area contributed by atoms with Crippen LogP contribution < -0.4 is 0 Å². The van der Waals surface area contributed by atoms with Crippen LogP contribution in [0.2, 0.25) is 0 Å². The van der Waals surface area contributed by atoms with Gasteiger partial charge in [-0.25, -0.2) is 4.79 Å². The van der Waals surface area contributed by atoms with Gasteiger partial charge in [0.05, 0.1) is 18.2 Å². The molecule has 0 unspecified atom stereocenters. The van der Waals surface area contributed by atoms with Crippen molar-refractivity contribution >= 4 is 32.8 Å². The highest BCUT2D eigenvalue weighted by atomic mass is 79.9. The van der Waals surface area contributed by atoms with E-state index in [1.54, 1.807) is 37.4 Å². The standard InChI is InChI=1S/C19H15BrN2O3/c1-2-25-18(23)19(24,13-5-3-12(10-21)4-6-13)16-11-22-17-9-14(20)7-8-15(16)17/h3-9,11,22,24H,2H2,1H3/t19-/m0/s1. The van der Waals surface area contributed by atoms with Crippen molar-refractivity contribution < 1.29 is 14.6 Å². The molecule has 0 aliphatic carbocycles. The van der Waals surface area contributed by atoms with Crippen molar-refractivity contribution in [1.29, 1.82) is 5.26 Å². The van der Waals surface area contributed by atoms with Gasteiger partial charge in [0.2, 0.25) is 5.60 Å². The van der Waals surface area contributed by atoms with Crippen LogP contribution in [0.25, 0.3) is 10.9 Å². The van der Waals surface area contributed by atoms with Gasteiger partial charge in [0, 0.05) is 27.1 Å². The molecular weight excluding hydrogens is 384 g/mol. The van der Waals surface area contributed by atoms with Crippen LogP contribution in [-0.2, 0) is 15.1 Å². The number of ether oxygens (including phenoxy) is 1. The van der Waals surface area contributed by atoms with Crippen molar-refractivity contribution in [2.75, 3.05) is 6.61 Å². The number of nitrogens with zero attached hydrogens (tertiary/aromatic N) is 1. The summed E-state index contributed by atoms with van der Waals surface area (Å²) in [5.41, 5.74) is -0.0127. The van der Waals surface area contributed by atoms with E-state index in [1.165, 1.54) is 0 Å². The Kier molecular flexibility index (Phi) is 4.62. The normalized spacial score (nSPS) is 13.2. The van der Waals surface area contributed by atoms with Crippen LogP contribution in [0.5, 0.6) is 0 Å². The smallest absolute Gasteiger partial charge is 0.347 e. The third kappa shape index (κ3) is 2.93. The van der Waals surface area contributed by atoms with Crippen LogP contribution in [-0.4, -0.2) is 22.7 Å². The van der Waals surface area contributed by atoms with E-state index in [4.69, 9.17) is 10.00 Å². The van der Waals surface area contributed by atoms with E-state index in [9.17, 15) is 9.90 Å². The van der Waals surface area contributed by atoms with Crippen LogP contribution in [0.15, 0.2) is 53.1 Å². The summed E-state index contributed by atoms with van der Waals surface area (Å²) in [6, 6.07) is 13.8. The second-order valence-electron chi connectivity index (χ2n) is 5.51. The number of H-pyrrole nitrogens is 1. The summed E-state index contributed by atoms with van der Waals surface area (Å²) in [5, 5.41) is 21.1. The molecule has 2 N–H and O–H groups in total.